The number of nitrogens with zero attached hydrogens (tertiary/aromatic N) is 2. The minimum atomic E-state index is 0.704. The quantitative estimate of drug-likeness (QED) is 0.941. The molecule has 0 saturated carbocycles. The molecule has 0 bridgehead atoms. The van der Waals surface area contributed by atoms with Crippen LogP contribution in [0.5, 0.6) is 0 Å². The Morgan fingerprint density at radius 3 is 2.88 bits per heavy atom. The van der Waals surface area contributed by atoms with Gasteiger partial charge in [-0.1, -0.05) is 11.6 Å². The summed E-state index contributed by atoms with van der Waals surface area (Å²) >= 11 is 9.36. The van der Waals surface area contributed by atoms with Gasteiger partial charge in [0.1, 0.15) is 0 Å². The van der Waals surface area contributed by atoms with Crippen LogP contribution in [0.15, 0.2) is 34.9 Å². The summed E-state index contributed by atoms with van der Waals surface area (Å²) in [5, 5.41) is 8.10. The molecule has 0 fully saturated rings. The van der Waals surface area contributed by atoms with Crippen LogP contribution in [0.2, 0.25) is 5.02 Å². The van der Waals surface area contributed by atoms with Gasteiger partial charge in [0.2, 0.25) is 0 Å². The normalized spacial score (nSPS) is 10.4. The van der Waals surface area contributed by atoms with Crippen molar-refractivity contribution in [1.82, 2.24) is 9.78 Å². The van der Waals surface area contributed by atoms with Crippen molar-refractivity contribution in [3.05, 3.63) is 45.7 Å². The van der Waals surface area contributed by atoms with Crippen LogP contribution in [-0.2, 0) is 13.6 Å². The van der Waals surface area contributed by atoms with E-state index in [9.17, 15) is 0 Å². The van der Waals surface area contributed by atoms with E-state index in [-0.39, 0.29) is 0 Å². The summed E-state index contributed by atoms with van der Waals surface area (Å²) in [7, 11) is 1.92. The van der Waals surface area contributed by atoms with Crippen molar-refractivity contribution in [3.8, 4) is 0 Å². The Morgan fingerprint density at radius 2 is 2.25 bits per heavy atom. The van der Waals surface area contributed by atoms with Gasteiger partial charge < -0.3 is 5.32 Å². The molecule has 0 aliphatic carbocycles. The molecule has 0 unspecified atom stereocenters. The van der Waals surface area contributed by atoms with Crippen molar-refractivity contribution in [2.45, 2.75) is 6.54 Å². The molecule has 1 aromatic heterocycles. The first kappa shape index (κ1) is 11.5. The minimum absolute atomic E-state index is 0.704. The Bertz CT molecular complexity index is 496. The third-order valence-electron chi connectivity index (χ3n) is 2.32. The third kappa shape index (κ3) is 2.57. The Morgan fingerprint density at radius 1 is 1.44 bits per heavy atom. The van der Waals surface area contributed by atoms with Gasteiger partial charge in [-0.05, 0) is 40.2 Å². The Hall–Kier alpha value is -1.000. The van der Waals surface area contributed by atoms with Crippen molar-refractivity contribution in [1.29, 1.82) is 0 Å². The lowest BCUT2D eigenvalue weighted by Crippen LogP contribution is -2.05. The zero-order chi connectivity index (χ0) is 11.5. The highest BCUT2D eigenvalue weighted by Crippen LogP contribution is 2.25. The summed E-state index contributed by atoms with van der Waals surface area (Å²) in [6.07, 6.45) is 1.78. The fourth-order valence-electron chi connectivity index (χ4n) is 1.37. The Balaban J connectivity index is 2.05. The van der Waals surface area contributed by atoms with Crippen LogP contribution in [-0.4, -0.2) is 9.78 Å². The maximum atomic E-state index is 6.00. The summed E-state index contributed by atoms with van der Waals surface area (Å²) in [4.78, 5) is 0. The molecule has 1 aromatic carbocycles. The van der Waals surface area contributed by atoms with Gasteiger partial charge in [-0.2, -0.15) is 5.10 Å². The number of hydrogen-bond donors (Lipinski definition) is 1. The molecule has 0 aliphatic heterocycles. The molecule has 1 N–H and O–H groups in total. The van der Waals surface area contributed by atoms with Gasteiger partial charge in [0.25, 0.3) is 0 Å². The topological polar surface area (TPSA) is 29.9 Å². The van der Waals surface area contributed by atoms with Gasteiger partial charge in [0, 0.05) is 23.4 Å². The summed E-state index contributed by atoms with van der Waals surface area (Å²) in [5.41, 5.74) is 2.12. The third-order valence-corrected chi connectivity index (χ3v) is 3.55. The van der Waals surface area contributed by atoms with Crippen LogP contribution in [0, 0.1) is 0 Å². The van der Waals surface area contributed by atoms with Crippen LogP contribution < -0.4 is 5.32 Å². The van der Waals surface area contributed by atoms with Crippen molar-refractivity contribution in [2.75, 3.05) is 5.32 Å². The molecule has 2 rings (SSSR count). The average Bonchev–Trinajstić information content (AvgIpc) is 2.66. The zero-order valence-corrected chi connectivity index (χ0v) is 11.1. The number of benzene rings is 1. The number of anilines is 1. The number of nitrogens with one attached hydrogen (secondary N) is 1. The number of aryl methyl sites for hydroxylation is 1. The molecular formula is C11H11BrClN3. The van der Waals surface area contributed by atoms with Crippen LogP contribution in [0.1, 0.15) is 5.69 Å². The van der Waals surface area contributed by atoms with E-state index < -0.39 is 0 Å². The molecule has 0 spiro atoms. The SMILES string of the molecule is Cn1nccc1CNc1ccc(Br)c(Cl)c1. The molecule has 2 aromatic rings. The van der Waals surface area contributed by atoms with Crippen LogP contribution >= 0.6 is 27.5 Å². The van der Waals surface area contributed by atoms with Crippen LogP contribution in [0.25, 0.3) is 0 Å². The highest BCUT2D eigenvalue weighted by Gasteiger charge is 2.01. The fraction of sp³-hybridized carbons (Fsp3) is 0.182. The molecule has 0 atom stereocenters. The highest BCUT2D eigenvalue weighted by molar-refractivity contribution is 9.10. The van der Waals surface area contributed by atoms with Gasteiger partial charge in [-0.15, -0.1) is 0 Å². The Labute approximate surface area is 108 Å². The summed E-state index contributed by atoms with van der Waals surface area (Å²) < 4.78 is 2.74. The summed E-state index contributed by atoms with van der Waals surface area (Å²) in [5.74, 6) is 0. The number of hydrogen-bond acceptors (Lipinski definition) is 2. The molecular weight excluding hydrogens is 289 g/mol. The second kappa shape index (κ2) is 4.89. The summed E-state index contributed by atoms with van der Waals surface area (Å²) in [6.45, 7) is 0.731. The maximum absolute atomic E-state index is 6.00. The molecule has 0 saturated heterocycles. The van der Waals surface area contributed by atoms with E-state index in [1.54, 1.807) is 6.20 Å². The predicted octanol–water partition coefficient (Wildman–Crippen LogP) is 3.45. The van der Waals surface area contributed by atoms with Crippen LogP contribution in [0.3, 0.4) is 0 Å². The molecule has 16 heavy (non-hydrogen) atoms. The molecule has 5 heteroatoms. The van der Waals surface area contributed by atoms with E-state index in [0.29, 0.717) is 5.02 Å². The van der Waals surface area contributed by atoms with Gasteiger partial charge in [0.05, 0.1) is 17.3 Å². The van der Waals surface area contributed by atoms with E-state index >= 15 is 0 Å². The molecule has 0 amide bonds. The van der Waals surface area contributed by atoms with Crippen LogP contribution in [0.4, 0.5) is 5.69 Å². The van der Waals surface area contributed by atoms with Crippen molar-refractivity contribution >= 4 is 33.2 Å². The van der Waals surface area contributed by atoms with Gasteiger partial charge in [-0.25, -0.2) is 0 Å². The largest absolute Gasteiger partial charge is 0.379 e. The lowest BCUT2D eigenvalue weighted by molar-refractivity contribution is 0.720. The lowest BCUT2D eigenvalue weighted by Gasteiger charge is -2.07. The Kier molecular flexibility index (Phi) is 3.51. The number of rotatable bonds is 3. The van der Waals surface area contributed by atoms with E-state index in [4.69, 9.17) is 11.6 Å². The van der Waals surface area contributed by atoms with E-state index in [1.807, 2.05) is 36.0 Å². The molecule has 84 valence electrons. The highest BCUT2D eigenvalue weighted by atomic mass is 79.9. The van der Waals surface area contributed by atoms with E-state index in [2.05, 4.69) is 26.3 Å². The van der Waals surface area contributed by atoms with Gasteiger partial charge in [-0.3, -0.25) is 4.68 Å². The predicted molar refractivity (Wildman–Crippen MR) is 69.7 cm³/mol. The monoisotopic (exact) mass is 299 g/mol. The van der Waals surface area contributed by atoms with Crippen molar-refractivity contribution in [2.24, 2.45) is 7.05 Å². The average molecular weight is 301 g/mol. The fourth-order valence-corrected chi connectivity index (χ4v) is 1.80. The first-order valence-corrected chi connectivity index (χ1v) is 6.00. The second-order valence-corrected chi connectivity index (χ2v) is 4.69. The van der Waals surface area contributed by atoms with Crippen molar-refractivity contribution in [3.63, 3.8) is 0 Å². The minimum Gasteiger partial charge on any atom is -0.379 e. The second-order valence-electron chi connectivity index (χ2n) is 3.43. The van der Waals surface area contributed by atoms with Crippen molar-refractivity contribution < 1.29 is 0 Å². The summed E-state index contributed by atoms with van der Waals surface area (Å²) in [6, 6.07) is 7.77. The van der Waals surface area contributed by atoms with Gasteiger partial charge >= 0.3 is 0 Å². The lowest BCUT2D eigenvalue weighted by atomic mass is 10.3. The standard InChI is InChI=1S/C11H11BrClN3/c1-16-9(4-5-15-16)7-14-8-2-3-10(12)11(13)6-8/h2-6,14H,7H2,1H3. The molecule has 0 aliphatic rings. The molecule has 0 radical (unpaired) electrons. The van der Waals surface area contributed by atoms with Gasteiger partial charge in [0.15, 0.2) is 0 Å². The maximum Gasteiger partial charge on any atom is 0.0571 e. The van der Waals surface area contributed by atoms with E-state index in [0.717, 1.165) is 22.4 Å². The first-order chi connectivity index (χ1) is 7.66. The zero-order valence-electron chi connectivity index (χ0n) is 8.74. The van der Waals surface area contributed by atoms with E-state index in [1.165, 1.54) is 0 Å². The smallest absolute Gasteiger partial charge is 0.0571 e. The number of halogens is 2. The first-order valence-electron chi connectivity index (χ1n) is 4.82. The molecule has 3 nitrogen and oxygen atoms in total. The number of aromatic nitrogens is 2. The molecule has 1 heterocycles.